The number of amides is 2. The number of carbonyl (C=O) groups is 5. The predicted octanol–water partition coefficient (Wildman–Crippen LogP) is -7.08. The van der Waals surface area contributed by atoms with Crippen LogP contribution in [0.2, 0.25) is 0 Å². The van der Waals surface area contributed by atoms with Crippen LogP contribution in [-0.2, 0) is 24.0 Å². The minimum atomic E-state index is -1.41. The van der Waals surface area contributed by atoms with Gasteiger partial charge in [-0.05, 0) is 47.5 Å². The van der Waals surface area contributed by atoms with Crippen molar-refractivity contribution in [2.75, 3.05) is 26.3 Å². The minimum absolute atomic E-state index is 0. The Morgan fingerprint density at radius 2 is 1.07 bits per heavy atom. The van der Waals surface area contributed by atoms with Gasteiger partial charge in [0.15, 0.2) is 19.0 Å². The van der Waals surface area contributed by atoms with Gasteiger partial charge in [0.2, 0.25) is 0 Å². The van der Waals surface area contributed by atoms with E-state index in [1.807, 2.05) is 0 Å². The molecule has 0 saturated carbocycles. The maximum absolute atomic E-state index is 12.1. The van der Waals surface area contributed by atoms with E-state index in [1.165, 1.54) is 18.2 Å². The first-order chi connectivity index (χ1) is 18.6. The molecule has 2 amide bonds. The number of carboxylic acid groups (broad SMARTS) is 2. The molecule has 14 heteroatoms. The normalized spacial score (nSPS) is 10.7. The van der Waals surface area contributed by atoms with Gasteiger partial charge in [-0.3, -0.25) is 14.4 Å². The Morgan fingerprint density at radius 3 is 1.46 bits per heavy atom. The van der Waals surface area contributed by atoms with Crippen molar-refractivity contribution in [1.82, 2.24) is 10.6 Å². The zero-order valence-electron chi connectivity index (χ0n) is 22.5. The molecule has 0 atom stereocenters. The number of aliphatic hydroxyl groups excluding tert-OH is 1. The van der Waals surface area contributed by atoms with E-state index in [0.717, 1.165) is 6.08 Å². The van der Waals surface area contributed by atoms with Crippen molar-refractivity contribution in [3.63, 3.8) is 0 Å². The van der Waals surface area contributed by atoms with E-state index in [4.69, 9.17) is 9.47 Å². The minimum Gasteiger partial charge on any atom is -0.548 e. The van der Waals surface area contributed by atoms with E-state index in [0.29, 0.717) is 22.6 Å². The van der Waals surface area contributed by atoms with Crippen LogP contribution in [0.5, 0.6) is 11.5 Å². The Labute approximate surface area is 279 Å². The van der Waals surface area contributed by atoms with Gasteiger partial charge in [-0.2, -0.15) is 0 Å². The average molecular weight is 582 g/mol. The molecule has 0 aliphatic carbocycles. The fourth-order valence-corrected chi connectivity index (χ4v) is 2.69. The maximum Gasteiger partial charge on any atom is 1.00 e. The summed E-state index contributed by atoms with van der Waals surface area (Å²) in [5.41, 5.74) is 1.32. The number of carboxylic acids is 2. The second-order valence-electron chi connectivity index (χ2n) is 7.65. The molecule has 204 valence electrons. The Kier molecular flexibility index (Phi) is 18.8. The topological polar surface area (TPSA) is 194 Å². The molecule has 0 heterocycles. The second-order valence-corrected chi connectivity index (χ2v) is 7.65. The van der Waals surface area contributed by atoms with Gasteiger partial charge in [0.1, 0.15) is 17.3 Å². The van der Waals surface area contributed by atoms with Crippen molar-refractivity contribution in [3.05, 3.63) is 83.6 Å². The van der Waals surface area contributed by atoms with Gasteiger partial charge in [0.25, 0.3) is 11.8 Å². The molecule has 3 N–H and O–H groups in total. The third-order valence-electron chi connectivity index (χ3n) is 4.54. The molecule has 0 spiro atoms. The zero-order chi connectivity index (χ0) is 28.6. The summed E-state index contributed by atoms with van der Waals surface area (Å²) in [4.78, 5) is 55.6. The Balaban J connectivity index is 0.00000800. The van der Waals surface area contributed by atoms with Crippen LogP contribution in [0, 0.1) is 0 Å². The summed E-state index contributed by atoms with van der Waals surface area (Å²) >= 11 is 0. The largest absolute Gasteiger partial charge is 1.00 e. The first kappa shape index (κ1) is 37.6. The standard InChI is InChI=1S/C27H26N2O10.2Na/c30-20(7-1-18-3-9-22(10-4-18)38-16-24(32)28-14-26(34)35)13-21(31)8-2-19-5-11-23(12-6-19)39-17-25(33)29-15-27(36)37;;/h1-13,30H,14-17H2,(H,28,32)(H,29,33)(H,34,35)(H,36,37);;/q;2*+1/p-2/b7-1+,8-2+,20-13-;;. The third kappa shape index (κ3) is 17.1. The van der Waals surface area contributed by atoms with Crippen molar-refractivity contribution in [2.24, 2.45) is 0 Å². The fraction of sp³-hybridized carbons (Fsp3) is 0.148. The van der Waals surface area contributed by atoms with Crippen LogP contribution in [-0.4, -0.2) is 60.9 Å². The van der Waals surface area contributed by atoms with E-state index in [-0.39, 0.29) is 78.1 Å². The van der Waals surface area contributed by atoms with Crippen LogP contribution in [0.15, 0.2) is 72.5 Å². The molecule has 12 nitrogen and oxygen atoms in total. The van der Waals surface area contributed by atoms with E-state index >= 15 is 0 Å². The van der Waals surface area contributed by atoms with Crippen LogP contribution in [0.1, 0.15) is 11.1 Å². The molecule has 0 aliphatic rings. The molecular formula is C27H24N2Na2O10. The molecule has 2 aromatic rings. The van der Waals surface area contributed by atoms with Crippen molar-refractivity contribution in [1.29, 1.82) is 0 Å². The average Bonchev–Trinajstić information content (AvgIpc) is 2.91. The van der Waals surface area contributed by atoms with E-state index in [9.17, 15) is 39.3 Å². The number of rotatable bonds is 15. The summed E-state index contributed by atoms with van der Waals surface area (Å²) in [6.07, 6.45) is 6.67. The third-order valence-corrected chi connectivity index (χ3v) is 4.54. The quantitative estimate of drug-likeness (QED) is 0.0786. The molecule has 2 aromatic carbocycles. The summed E-state index contributed by atoms with van der Waals surface area (Å²) in [5.74, 6) is -4.07. The van der Waals surface area contributed by atoms with Crippen LogP contribution in [0.3, 0.4) is 0 Å². The van der Waals surface area contributed by atoms with Crippen LogP contribution in [0.4, 0.5) is 0 Å². The summed E-state index contributed by atoms with van der Waals surface area (Å²) in [7, 11) is 0. The zero-order valence-corrected chi connectivity index (χ0v) is 26.5. The van der Waals surface area contributed by atoms with Gasteiger partial charge in [-0.1, -0.05) is 36.4 Å². The van der Waals surface area contributed by atoms with Gasteiger partial charge in [-0.25, -0.2) is 0 Å². The molecule has 0 aliphatic heterocycles. The monoisotopic (exact) mass is 582 g/mol. The molecule has 0 unspecified atom stereocenters. The van der Waals surface area contributed by atoms with E-state index in [2.05, 4.69) is 10.6 Å². The summed E-state index contributed by atoms with van der Waals surface area (Å²) in [5, 5.41) is 34.8. The van der Waals surface area contributed by atoms with Gasteiger partial charge in [-0.15, -0.1) is 0 Å². The smallest absolute Gasteiger partial charge is 0.548 e. The SMILES string of the molecule is O=C(/C=C(O)/C=C/c1ccc(OCC(=O)NCC(=O)[O-])cc1)/C=C/c1ccc(OCC(=O)NCC(=O)[O-])cc1.[Na+].[Na+]. The predicted molar refractivity (Wildman–Crippen MR) is 134 cm³/mol. The molecule has 41 heavy (non-hydrogen) atoms. The number of hydrogen-bond donors (Lipinski definition) is 3. The summed E-state index contributed by atoms with van der Waals surface area (Å²) in [6.45, 7) is -1.95. The number of ketones is 1. The van der Waals surface area contributed by atoms with Crippen molar-refractivity contribution in [2.45, 2.75) is 0 Å². The van der Waals surface area contributed by atoms with Crippen LogP contribution < -0.4 is 89.4 Å². The van der Waals surface area contributed by atoms with Gasteiger partial charge < -0.3 is 45.0 Å². The molecule has 0 fully saturated rings. The molecular weight excluding hydrogens is 558 g/mol. The van der Waals surface area contributed by atoms with Gasteiger partial charge >= 0.3 is 59.1 Å². The maximum atomic E-state index is 12.1. The van der Waals surface area contributed by atoms with Crippen LogP contribution in [0.25, 0.3) is 12.2 Å². The number of nitrogens with one attached hydrogen (secondary N) is 2. The molecule has 0 saturated heterocycles. The number of hydrogen-bond acceptors (Lipinski definition) is 10. The first-order valence-electron chi connectivity index (χ1n) is 11.3. The fourth-order valence-electron chi connectivity index (χ4n) is 2.69. The Bertz CT molecular complexity index is 1270. The molecule has 0 bridgehead atoms. The van der Waals surface area contributed by atoms with Crippen molar-refractivity contribution in [3.8, 4) is 11.5 Å². The first-order valence-corrected chi connectivity index (χ1v) is 11.3. The number of allylic oxidation sites excluding steroid dienone is 3. The number of aliphatic hydroxyl groups is 1. The Morgan fingerprint density at radius 1 is 0.683 bits per heavy atom. The summed E-state index contributed by atoms with van der Waals surface area (Å²) < 4.78 is 10.5. The summed E-state index contributed by atoms with van der Waals surface area (Å²) in [6, 6.07) is 12.8. The molecule has 2 rings (SSSR count). The molecule has 0 radical (unpaired) electrons. The Hall–Kier alpha value is -3.39. The van der Waals surface area contributed by atoms with Crippen molar-refractivity contribution < 1.29 is 108 Å². The van der Waals surface area contributed by atoms with E-state index < -0.39 is 42.6 Å². The van der Waals surface area contributed by atoms with Gasteiger partial charge in [0, 0.05) is 6.08 Å². The number of carbonyl (C=O) groups excluding carboxylic acids is 5. The number of ether oxygens (including phenoxy) is 2. The number of benzene rings is 2. The van der Waals surface area contributed by atoms with E-state index in [1.54, 1.807) is 54.6 Å². The molecule has 0 aromatic heterocycles. The second kappa shape index (κ2) is 20.5. The van der Waals surface area contributed by atoms with Gasteiger partial charge in [0.05, 0.1) is 25.0 Å². The van der Waals surface area contributed by atoms with Crippen LogP contribution >= 0.6 is 0 Å². The van der Waals surface area contributed by atoms with Crippen molar-refractivity contribution >= 4 is 41.7 Å². The number of aliphatic carboxylic acids is 2.